The summed E-state index contributed by atoms with van der Waals surface area (Å²) in [4.78, 5) is 15.1. The van der Waals surface area contributed by atoms with Gasteiger partial charge in [0.1, 0.15) is 5.82 Å². The summed E-state index contributed by atoms with van der Waals surface area (Å²) in [5.41, 5.74) is 6.06. The second-order valence-electron chi connectivity index (χ2n) is 4.24. The Hall–Kier alpha value is -2.10. The van der Waals surface area contributed by atoms with E-state index in [4.69, 9.17) is 5.73 Å². The summed E-state index contributed by atoms with van der Waals surface area (Å²) in [6.45, 7) is 0.804. The fourth-order valence-electron chi connectivity index (χ4n) is 1.81. The van der Waals surface area contributed by atoms with Crippen LogP contribution in [0, 0.1) is 0 Å². The number of amides is 1. The molecule has 0 aliphatic carbocycles. The van der Waals surface area contributed by atoms with Gasteiger partial charge in [-0.1, -0.05) is 18.2 Å². The van der Waals surface area contributed by atoms with Gasteiger partial charge < -0.3 is 11.1 Å². The molecule has 2 aromatic rings. The topological polar surface area (TPSA) is 68.0 Å². The van der Waals surface area contributed by atoms with E-state index >= 15 is 0 Å². The predicted molar refractivity (Wildman–Crippen MR) is 73.3 cm³/mol. The Labute approximate surface area is 106 Å². The largest absolute Gasteiger partial charge is 0.370 e. The van der Waals surface area contributed by atoms with Crippen LogP contribution in [-0.4, -0.2) is 17.4 Å². The third-order valence-corrected chi connectivity index (χ3v) is 2.75. The Morgan fingerprint density at radius 3 is 2.83 bits per heavy atom. The molecule has 0 fully saturated rings. The number of para-hydroxylation sites is 1. The maximum absolute atomic E-state index is 10.6. The summed E-state index contributed by atoms with van der Waals surface area (Å²) in [7, 11) is 0. The lowest BCUT2D eigenvalue weighted by atomic mass is 10.2. The van der Waals surface area contributed by atoms with E-state index in [2.05, 4.69) is 10.3 Å². The number of fused-ring (bicyclic) bond motifs is 1. The van der Waals surface area contributed by atoms with Gasteiger partial charge in [0.2, 0.25) is 5.91 Å². The molecule has 4 heteroatoms. The Bertz CT molecular complexity index is 539. The first-order valence-corrected chi connectivity index (χ1v) is 6.14. The second kappa shape index (κ2) is 6.00. The summed E-state index contributed by atoms with van der Waals surface area (Å²) >= 11 is 0. The number of benzene rings is 1. The summed E-state index contributed by atoms with van der Waals surface area (Å²) in [5.74, 6) is 0.631. The van der Waals surface area contributed by atoms with Crippen molar-refractivity contribution in [2.24, 2.45) is 5.73 Å². The average molecular weight is 243 g/mol. The van der Waals surface area contributed by atoms with Crippen molar-refractivity contribution in [3.63, 3.8) is 0 Å². The molecular weight excluding hydrogens is 226 g/mol. The number of hydrogen-bond acceptors (Lipinski definition) is 3. The zero-order valence-corrected chi connectivity index (χ0v) is 10.2. The van der Waals surface area contributed by atoms with Crippen molar-refractivity contribution in [3.8, 4) is 0 Å². The first-order chi connectivity index (χ1) is 8.75. The highest BCUT2D eigenvalue weighted by atomic mass is 16.1. The van der Waals surface area contributed by atoms with E-state index in [9.17, 15) is 4.79 Å². The molecule has 1 heterocycles. The fraction of sp³-hybridized carbons (Fsp3) is 0.286. The lowest BCUT2D eigenvalue weighted by Crippen LogP contribution is -2.11. The summed E-state index contributed by atoms with van der Waals surface area (Å²) < 4.78 is 0. The maximum Gasteiger partial charge on any atom is 0.217 e. The molecule has 0 aliphatic rings. The standard InChI is InChI=1S/C14H17N3O/c15-13(18)7-3-4-10-16-14-9-8-11-5-1-2-6-12(11)17-14/h1-2,5-6,8-9H,3-4,7,10H2,(H2,15,18)(H,16,17). The van der Waals surface area contributed by atoms with Crippen LogP contribution in [0.3, 0.4) is 0 Å². The lowest BCUT2D eigenvalue weighted by molar-refractivity contribution is -0.118. The minimum absolute atomic E-state index is 0.237. The summed E-state index contributed by atoms with van der Waals surface area (Å²) in [6.07, 6.45) is 2.18. The molecule has 0 radical (unpaired) electrons. The molecule has 0 bridgehead atoms. The van der Waals surface area contributed by atoms with E-state index < -0.39 is 0 Å². The molecule has 0 aliphatic heterocycles. The third kappa shape index (κ3) is 3.45. The molecule has 4 nitrogen and oxygen atoms in total. The number of nitrogens with two attached hydrogens (primary N) is 1. The Morgan fingerprint density at radius 2 is 2.00 bits per heavy atom. The van der Waals surface area contributed by atoms with E-state index in [1.165, 1.54) is 0 Å². The number of nitrogens with zero attached hydrogens (tertiary/aromatic N) is 1. The van der Waals surface area contributed by atoms with Crippen molar-refractivity contribution in [2.45, 2.75) is 19.3 Å². The van der Waals surface area contributed by atoms with Crippen LogP contribution < -0.4 is 11.1 Å². The number of unbranched alkanes of at least 4 members (excludes halogenated alkanes) is 1. The minimum atomic E-state index is -0.237. The first-order valence-electron chi connectivity index (χ1n) is 6.14. The number of primary amides is 1. The van der Waals surface area contributed by atoms with Gasteiger partial charge in [0, 0.05) is 18.4 Å². The normalized spacial score (nSPS) is 10.4. The van der Waals surface area contributed by atoms with E-state index in [1.54, 1.807) is 0 Å². The Balaban J connectivity index is 1.86. The number of aromatic nitrogens is 1. The quantitative estimate of drug-likeness (QED) is 0.765. The number of hydrogen-bond donors (Lipinski definition) is 2. The van der Waals surface area contributed by atoms with E-state index in [0.29, 0.717) is 6.42 Å². The molecule has 0 spiro atoms. The number of rotatable bonds is 6. The van der Waals surface area contributed by atoms with Crippen molar-refractivity contribution in [1.29, 1.82) is 0 Å². The number of nitrogens with one attached hydrogen (secondary N) is 1. The van der Waals surface area contributed by atoms with Gasteiger partial charge in [0.05, 0.1) is 5.52 Å². The molecule has 3 N–H and O–H groups in total. The van der Waals surface area contributed by atoms with E-state index in [0.717, 1.165) is 36.1 Å². The number of anilines is 1. The van der Waals surface area contributed by atoms with Crippen molar-refractivity contribution in [3.05, 3.63) is 36.4 Å². The minimum Gasteiger partial charge on any atom is -0.370 e. The van der Waals surface area contributed by atoms with Crippen molar-refractivity contribution < 1.29 is 4.79 Å². The smallest absolute Gasteiger partial charge is 0.217 e. The van der Waals surface area contributed by atoms with Gasteiger partial charge in [-0.2, -0.15) is 0 Å². The molecule has 1 amide bonds. The van der Waals surface area contributed by atoms with Crippen molar-refractivity contribution in [1.82, 2.24) is 4.98 Å². The molecule has 0 unspecified atom stereocenters. The second-order valence-corrected chi connectivity index (χ2v) is 4.24. The molecule has 1 aromatic carbocycles. The molecule has 2 rings (SSSR count). The first kappa shape index (κ1) is 12.4. The van der Waals surface area contributed by atoms with Crippen molar-refractivity contribution >= 4 is 22.6 Å². The van der Waals surface area contributed by atoms with Gasteiger partial charge in [0.25, 0.3) is 0 Å². The lowest BCUT2D eigenvalue weighted by Gasteiger charge is -2.06. The molecule has 0 atom stereocenters. The number of carbonyl (C=O) groups is 1. The molecule has 0 saturated heterocycles. The van der Waals surface area contributed by atoms with E-state index in [-0.39, 0.29) is 5.91 Å². The maximum atomic E-state index is 10.6. The zero-order chi connectivity index (χ0) is 12.8. The van der Waals surface area contributed by atoms with Crippen LogP contribution in [0.5, 0.6) is 0 Å². The van der Waals surface area contributed by atoms with Crippen LogP contribution in [0.25, 0.3) is 10.9 Å². The van der Waals surface area contributed by atoms with Gasteiger partial charge in [-0.05, 0) is 31.0 Å². The molecule has 0 saturated carbocycles. The van der Waals surface area contributed by atoms with Crippen molar-refractivity contribution in [2.75, 3.05) is 11.9 Å². The number of carbonyl (C=O) groups excluding carboxylic acids is 1. The monoisotopic (exact) mass is 243 g/mol. The molecule has 94 valence electrons. The Kier molecular flexibility index (Phi) is 4.12. The van der Waals surface area contributed by atoms with E-state index in [1.807, 2.05) is 36.4 Å². The zero-order valence-electron chi connectivity index (χ0n) is 10.2. The third-order valence-electron chi connectivity index (χ3n) is 2.75. The van der Waals surface area contributed by atoms with Gasteiger partial charge >= 0.3 is 0 Å². The SMILES string of the molecule is NC(=O)CCCCNc1ccc2ccccc2n1. The molecule has 1 aromatic heterocycles. The van der Waals surface area contributed by atoms with Crippen LogP contribution in [0.15, 0.2) is 36.4 Å². The van der Waals surface area contributed by atoms with Gasteiger partial charge in [-0.15, -0.1) is 0 Å². The highest BCUT2D eigenvalue weighted by molar-refractivity contribution is 5.80. The fourth-order valence-corrected chi connectivity index (χ4v) is 1.81. The van der Waals surface area contributed by atoms with Crippen LogP contribution >= 0.6 is 0 Å². The highest BCUT2D eigenvalue weighted by Crippen LogP contribution is 2.14. The van der Waals surface area contributed by atoms with Crippen LogP contribution in [-0.2, 0) is 4.79 Å². The summed E-state index contributed by atoms with van der Waals surface area (Å²) in [6, 6.07) is 12.0. The van der Waals surface area contributed by atoms with Gasteiger partial charge in [0.15, 0.2) is 0 Å². The number of pyridine rings is 1. The highest BCUT2D eigenvalue weighted by Gasteiger charge is 1.98. The summed E-state index contributed by atoms with van der Waals surface area (Å²) in [5, 5.41) is 4.38. The molecule has 18 heavy (non-hydrogen) atoms. The van der Waals surface area contributed by atoms with Gasteiger partial charge in [-0.3, -0.25) is 4.79 Å². The van der Waals surface area contributed by atoms with Gasteiger partial charge in [-0.25, -0.2) is 4.98 Å². The Morgan fingerprint density at radius 1 is 1.17 bits per heavy atom. The predicted octanol–water partition coefficient (Wildman–Crippen LogP) is 2.30. The van der Waals surface area contributed by atoms with Crippen LogP contribution in [0.2, 0.25) is 0 Å². The van der Waals surface area contributed by atoms with Crippen LogP contribution in [0.4, 0.5) is 5.82 Å². The average Bonchev–Trinajstić information content (AvgIpc) is 2.38. The molecular formula is C14H17N3O. The van der Waals surface area contributed by atoms with Crippen LogP contribution in [0.1, 0.15) is 19.3 Å².